The van der Waals surface area contributed by atoms with Crippen molar-refractivity contribution in [1.29, 1.82) is 0 Å². The third kappa shape index (κ3) is 36.0. The highest BCUT2D eigenvalue weighted by Crippen LogP contribution is 2.26. The largest absolute Gasteiger partial charge is 0.454 e. The number of unbranched alkanes of at least 4 members (excludes halogenated alkanes) is 20. The van der Waals surface area contributed by atoms with Gasteiger partial charge in [0, 0.05) is 6.42 Å². The van der Waals surface area contributed by atoms with E-state index in [2.05, 4.69) is 56.5 Å². The molecule has 0 bridgehead atoms. The molecule has 0 radical (unpaired) electrons. The summed E-state index contributed by atoms with van der Waals surface area (Å²) in [6.45, 7) is 5.45. The van der Waals surface area contributed by atoms with Gasteiger partial charge in [0.15, 0.2) is 12.4 Å². The summed E-state index contributed by atoms with van der Waals surface area (Å²) in [5, 5.41) is 56.7. The predicted molar refractivity (Wildman–Crippen MR) is 291 cm³/mol. The first-order valence-corrected chi connectivity index (χ1v) is 27.8. The molecule has 0 spiro atoms. The Morgan fingerprint density at radius 1 is 0.563 bits per heavy atom. The van der Waals surface area contributed by atoms with Crippen LogP contribution in [0.1, 0.15) is 194 Å². The number of esters is 1. The van der Waals surface area contributed by atoms with E-state index in [1.807, 2.05) is 72.9 Å². The second kappa shape index (κ2) is 47.3. The van der Waals surface area contributed by atoms with Crippen LogP contribution in [0.25, 0.3) is 0 Å². The van der Waals surface area contributed by atoms with E-state index in [9.17, 15) is 35.1 Å². The zero-order valence-electron chi connectivity index (χ0n) is 44.3. The number of rotatable bonds is 44. The van der Waals surface area contributed by atoms with Crippen LogP contribution in [0.15, 0.2) is 109 Å². The quantitative estimate of drug-likeness (QED) is 0.0149. The van der Waals surface area contributed by atoms with E-state index >= 15 is 0 Å². The molecule has 1 fully saturated rings. The topological polar surface area (TPSA) is 175 Å². The lowest BCUT2D eigenvalue weighted by Gasteiger charge is -2.41. The van der Waals surface area contributed by atoms with Gasteiger partial charge in [0.05, 0.1) is 25.4 Å². The van der Waals surface area contributed by atoms with Gasteiger partial charge in [0.25, 0.3) is 0 Å². The molecule has 1 amide bonds. The molecule has 0 aromatic carbocycles. The third-order valence-corrected chi connectivity index (χ3v) is 12.4. The normalized spacial score (nSPS) is 20.5. The molecule has 1 aliphatic rings. The van der Waals surface area contributed by atoms with Gasteiger partial charge in [0.1, 0.15) is 24.4 Å². The summed E-state index contributed by atoms with van der Waals surface area (Å²) < 4.78 is 17.5. The summed E-state index contributed by atoms with van der Waals surface area (Å²) in [7, 11) is 0. The Labute approximate surface area is 430 Å². The summed E-state index contributed by atoms with van der Waals surface area (Å²) >= 11 is 0. The second-order valence-corrected chi connectivity index (χ2v) is 18.7. The molecule has 8 atom stereocenters. The van der Waals surface area contributed by atoms with Crippen LogP contribution in [0.5, 0.6) is 0 Å². The Bertz CT molecular complexity index is 1560. The van der Waals surface area contributed by atoms with E-state index in [1.165, 1.54) is 51.4 Å². The van der Waals surface area contributed by atoms with Crippen molar-refractivity contribution >= 4 is 11.9 Å². The first-order valence-electron chi connectivity index (χ1n) is 27.8. The molecule has 11 heteroatoms. The van der Waals surface area contributed by atoms with Crippen LogP contribution in [0, 0.1) is 0 Å². The number of nitrogens with one attached hydrogen (secondary N) is 1. The number of aliphatic hydroxyl groups excluding tert-OH is 5. The molecule has 1 saturated heterocycles. The molecule has 1 aliphatic heterocycles. The van der Waals surface area contributed by atoms with Gasteiger partial charge < -0.3 is 45.1 Å². The zero-order chi connectivity index (χ0) is 51.8. The molecule has 0 aromatic heterocycles. The molecule has 1 rings (SSSR count). The fourth-order valence-electron chi connectivity index (χ4n) is 7.96. The zero-order valence-corrected chi connectivity index (χ0v) is 44.3. The van der Waals surface area contributed by atoms with Crippen LogP contribution < -0.4 is 5.32 Å². The first kappa shape index (κ1) is 65.3. The van der Waals surface area contributed by atoms with Crippen molar-refractivity contribution < 1.29 is 49.3 Å². The SMILES string of the molecule is CC/C=C/C=C/C=C\C=C/C=C/CCCCC(O)C(=O)NC(COC1OC(CO)C(O)C(O)C1OC(=O)CCCCCCCCC/C=C/C=C/C=C/CC)C(O)/C=C/CCCCCCCCCCCCC. The van der Waals surface area contributed by atoms with Crippen molar-refractivity contribution in [1.82, 2.24) is 5.32 Å². The van der Waals surface area contributed by atoms with Crippen molar-refractivity contribution in [2.75, 3.05) is 13.2 Å². The highest BCUT2D eigenvalue weighted by atomic mass is 16.7. The van der Waals surface area contributed by atoms with Gasteiger partial charge in [-0.3, -0.25) is 9.59 Å². The average Bonchev–Trinajstić information content (AvgIpc) is 3.37. The van der Waals surface area contributed by atoms with Crippen LogP contribution >= 0.6 is 0 Å². The number of carbonyl (C=O) groups is 2. The van der Waals surface area contributed by atoms with Crippen molar-refractivity contribution in [3.05, 3.63) is 109 Å². The monoisotopic (exact) mass is 994 g/mol. The lowest BCUT2D eigenvalue weighted by Crippen LogP contribution is -2.61. The van der Waals surface area contributed by atoms with Gasteiger partial charge in [-0.25, -0.2) is 0 Å². The van der Waals surface area contributed by atoms with Crippen LogP contribution in [0.2, 0.25) is 0 Å². The van der Waals surface area contributed by atoms with Crippen molar-refractivity contribution in [2.24, 2.45) is 0 Å². The Kier molecular flexibility index (Phi) is 43.6. The molecule has 0 aromatic rings. The fourth-order valence-corrected chi connectivity index (χ4v) is 7.96. The van der Waals surface area contributed by atoms with Crippen LogP contribution in [0.3, 0.4) is 0 Å². The van der Waals surface area contributed by atoms with E-state index in [1.54, 1.807) is 6.08 Å². The smallest absolute Gasteiger partial charge is 0.306 e. The second-order valence-electron chi connectivity index (χ2n) is 18.7. The Morgan fingerprint density at radius 2 is 1.01 bits per heavy atom. The highest BCUT2D eigenvalue weighted by molar-refractivity contribution is 5.80. The van der Waals surface area contributed by atoms with Gasteiger partial charge in [-0.15, -0.1) is 0 Å². The molecule has 404 valence electrons. The van der Waals surface area contributed by atoms with E-state index in [-0.39, 0.29) is 19.4 Å². The fraction of sp³-hybridized carbons (Fsp3) is 0.667. The van der Waals surface area contributed by atoms with Crippen LogP contribution in [-0.2, 0) is 23.8 Å². The number of hydrogen-bond donors (Lipinski definition) is 6. The Morgan fingerprint density at radius 3 is 1.52 bits per heavy atom. The number of hydrogen-bond acceptors (Lipinski definition) is 10. The summed E-state index contributed by atoms with van der Waals surface area (Å²) in [4.78, 5) is 26.4. The number of carbonyl (C=O) groups excluding carboxylic acids is 2. The summed E-state index contributed by atoms with van der Waals surface area (Å²) in [6, 6.07) is -1.05. The van der Waals surface area contributed by atoms with E-state index in [0.29, 0.717) is 12.8 Å². The number of amides is 1. The molecule has 8 unspecified atom stereocenters. The summed E-state index contributed by atoms with van der Waals surface area (Å²) in [5.74, 6) is -1.26. The maximum atomic E-state index is 13.3. The molecular weight excluding hydrogens is 895 g/mol. The Hall–Kier alpha value is -3.68. The molecule has 6 N–H and O–H groups in total. The van der Waals surface area contributed by atoms with Gasteiger partial charge in [-0.1, -0.05) is 233 Å². The van der Waals surface area contributed by atoms with Crippen molar-refractivity contribution in [2.45, 2.75) is 243 Å². The third-order valence-electron chi connectivity index (χ3n) is 12.4. The molecule has 0 aliphatic carbocycles. The van der Waals surface area contributed by atoms with Gasteiger partial charge in [0.2, 0.25) is 5.91 Å². The van der Waals surface area contributed by atoms with Crippen LogP contribution in [-0.4, -0.2) is 99.6 Å². The molecule has 71 heavy (non-hydrogen) atoms. The van der Waals surface area contributed by atoms with Crippen molar-refractivity contribution in [3.63, 3.8) is 0 Å². The van der Waals surface area contributed by atoms with E-state index in [4.69, 9.17) is 14.2 Å². The molecule has 11 nitrogen and oxygen atoms in total. The van der Waals surface area contributed by atoms with Gasteiger partial charge >= 0.3 is 5.97 Å². The minimum absolute atomic E-state index is 0.0982. The number of aliphatic hydroxyl groups is 5. The molecule has 0 saturated carbocycles. The maximum absolute atomic E-state index is 13.3. The number of allylic oxidation sites excluding steroid dienone is 17. The highest BCUT2D eigenvalue weighted by Gasteiger charge is 2.47. The van der Waals surface area contributed by atoms with Crippen molar-refractivity contribution in [3.8, 4) is 0 Å². The lowest BCUT2D eigenvalue weighted by atomic mass is 9.99. The lowest BCUT2D eigenvalue weighted by molar-refractivity contribution is -0.305. The predicted octanol–water partition coefficient (Wildman–Crippen LogP) is 12.2. The number of ether oxygens (including phenoxy) is 3. The van der Waals surface area contributed by atoms with E-state index < -0.39 is 67.4 Å². The minimum atomic E-state index is -1.63. The Balaban J connectivity index is 2.81. The summed E-state index contributed by atoms with van der Waals surface area (Å²) in [5.41, 5.74) is 0. The van der Waals surface area contributed by atoms with Gasteiger partial charge in [-0.2, -0.15) is 0 Å². The maximum Gasteiger partial charge on any atom is 0.306 e. The summed E-state index contributed by atoms with van der Waals surface area (Å²) in [6.07, 6.45) is 52.7. The molecular formula is C60H99NO10. The van der Waals surface area contributed by atoms with E-state index in [0.717, 1.165) is 96.3 Å². The van der Waals surface area contributed by atoms with Gasteiger partial charge in [-0.05, 0) is 64.2 Å². The standard InChI is InChI=1S/C60H99NO10/c1-4-7-10-13-16-19-22-25-27-30-33-36-39-42-45-48-55(65)71-58-57(67)56(66)54(49-62)70-60(58)69-50-51(52(63)46-43-40-37-34-31-28-24-21-18-15-12-9-6-3)61-59(68)53(64)47-44-41-38-35-32-29-26-23-20-17-14-11-8-5-2/h7-8,10-11,13-14,16-17,19-20,22-23,26,29,32,35,43,46,51-54,56-58,60,62-64,66-67H,4-6,9,12,15,18,21,24-25,27-28,30-31,33-34,36-42,44-45,47-50H2,1-3H3,(H,61,68)/b10-7+,11-8+,16-13+,17-14+,22-19+,23-20-,29-26-,35-32+,46-43+. The molecule has 1 heterocycles. The average molecular weight is 994 g/mol. The minimum Gasteiger partial charge on any atom is -0.454 e. The first-order chi connectivity index (χ1) is 34.7. The van der Waals surface area contributed by atoms with Crippen LogP contribution in [0.4, 0.5) is 0 Å².